The Balaban J connectivity index is 1.54. The third-order valence-corrected chi connectivity index (χ3v) is 5.33. The maximum Gasteiger partial charge on any atom is 0.429 e. The van der Waals surface area contributed by atoms with E-state index < -0.39 is 24.3 Å². The number of nitrogens with zero attached hydrogens (tertiary/aromatic N) is 3. The van der Waals surface area contributed by atoms with Gasteiger partial charge in [-0.15, -0.1) is 0 Å². The van der Waals surface area contributed by atoms with Gasteiger partial charge in [0.25, 0.3) is 0 Å². The summed E-state index contributed by atoms with van der Waals surface area (Å²) in [5.74, 6) is -1.03. The molecule has 0 saturated carbocycles. The van der Waals surface area contributed by atoms with E-state index in [1.165, 1.54) is 36.5 Å². The van der Waals surface area contributed by atoms with Gasteiger partial charge in [-0.05, 0) is 36.2 Å². The summed E-state index contributed by atoms with van der Waals surface area (Å²) in [6.07, 6.45) is -3.95. The molecule has 12 heteroatoms. The molecule has 2 aromatic carbocycles. The Labute approximate surface area is 214 Å². The number of hydrogen-bond acceptors (Lipinski definition) is 8. The largest absolute Gasteiger partial charge is 0.480 e. The SMILES string of the molecule is Nc1nc(OC(c2ccc(Oc3cccnc3)cc2)C(F)(F)F)cc(-c2ccc(CC(N)C(=O)O)cc2)n1. The van der Waals surface area contributed by atoms with Crippen LogP contribution in [0.2, 0.25) is 0 Å². The van der Waals surface area contributed by atoms with Crippen molar-refractivity contribution in [2.45, 2.75) is 24.7 Å². The smallest absolute Gasteiger partial charge is 0.429 e. The number of nitrogen functional groups attached to an aromatic ring is 1. The van der Waals surface area contributed by atoms with Gasteiger partial charge < -0.3 is 26.0 Å². The van der Waals surface area contributed by atoms with E-state index in [9.17, 15) is 18.0 Å². The van der Waals surface area contributed by atoms with Gasteiger partial charge in [-0.1, -0.05) is 36.4 Å². The van der Waals surface area contributed by atoms with Crippen molar-refractivity contribution in [3.05, 3.63) is 90.3 Å². The number of pyridine rings is 1. The molecule has 0 saturated heterocycles. The predicted octanol–water partition coefficient (Wildman–Crippen LogP) is 4.55. The monoisotopic (exact) mass is 525 g/mol. The fourth-order valence-electron chi connectivity index (χ4n) is 3.50. The molecule has 2 unspecified atom stereocenters. The van der Waals surface area contributed by atoms with E-state index in [1.807, 2.05) is 0 Å². The highest BCUT2D eigenvalue weighted by Crippen LogP contribution is 2.38. The first-order chi connectivity index (χ1) is 18.1. The minimum Gasteiger partial charge on any atom is -0.480 e. The van der Waals surface area contributed by atoms with E-state index in [4.69, 9.17) is 26.0 Å². The molecule has 2 heterocycles. The Morgan fingerprint density at radius 3 is 2.32 bits per heavy atom. The van der Waals surface area contributed by atoms with E-state index in [0.717, 1.165) is 0 Å². The zero-order valence-electron chi connectivity index (χ0n) is 19.7. The Bertz CT molecular complexity index is 1390. The van der Waals surface area contributed by atoms with Gasteiger partial charge >= 0.3 is 12.1 Å². The second-order valence-corrected chi connectivity index (χ2v) is 8.19. The van der Waals surface area contributed by atoms with Crippen molar-refractivity contribution >= 4 is 11.9 Å². The fraction of sp³-hybridized carbons (Fsp3) is 0.154. The highest BCUT2D eigenvalue weighted by atomic mass is 19.4. The van der Waals surface area contributed by atoms with E-state index in [0.29, 0.717) is 22.6 Å². The lowest BCUT2D eigenvalue weighted by atomic mass is 10.0. The second kappa shape index (κ2) is 11.1. The number of nitrogens with two attached hydrogens (primary N) is 2. The molecular formula is C26H22F3N5O4. The van der Waals surface area contributed by atoms with Crippen molar-refractivity contribution in [2.75, 3.05) is 5.73 Å². The van der Waals surface area contributed by atoms with Crippen LogP contribution in [0.1, 0.15) is 17.2 Å². The van der Waals surface area contributed by atoms with Crippen LogP contribution >= 0.6 is 0 Å². The Hall–Kier alpha value is -4.71. The van der Waals surface area contributed by atoms with Crippen LogP contribution in [-0.2, 0) is 11.2 Å². The van der Waals surface area contributed by atoms with Gasteiger partial charge in [0.05, 0.1) is 11.9 Å². The minimum absolute atomic E-state index is 0.106. The Kier molecular flexibility index (Phi) is 7.72. The molecular weight excluding hydrogens is 503 g/mol. The number of benzene rings is 2. The lowest BCUT2D eigenvalue weighted by molar-refractivity contribution is -0.198. The van der Waals surface area contributed by atoms with Gasteiger partial charge in [-0.2, -0.15) is 18.2 Å². The summed E-state index contributed by atoms with van der Waals surface area (Å²) >= 11 is 0. The summed E-state index contributed by atoms with van der Waals surface area (Å²) in [6.45, 7) is 0. The number of ether oxygens (including phenoxy) is 2. The second-order valence-electron chi connectivity index (χ2n) is 8.19. The van der Waals surface area contributed by atoms with Crippen LogP contribution in [0, 0.1) is 0 Å². The summed E-state index contributed by atoms with van der Waals surface area (Å²) in [6, 6.07) is 15.3. The molecule has 0 radical (unpaired) electrons. The lowest BCUT2D eigenvalue weighted by Crippen LogP contribution is -2.32. The number of anilines is 1. The van der Waals surface area contributed by atoms with E-state index >= 15 is 0 Å². The Morgan fingerprint density at radius 2 is 1.71 bits per heavy atom. The molecule has 2 aromatic heterocycles. The van der Waals surface area contributed by atoms with Gasteiger partial charge in [0.15, 0.2) is 0 Å². The highest BCUT2D eigenvalue weighted by Gasteiger charge is 2.43. The first-order valence-electron chi connectivity index (χ1n) is 11.2. The summed E-state index contributed by atoms with van der Waals surface area (Å²) in [5, 5.41) is 8.96. The summed E-state index contributed by atoms with van der Waals surface area (Å²) in [4.78, 5) is 22.8. The summed E-state index contributed by atoms with van der Waals surface area (Å²) < 4.78 is 52.8. The predicted molar refractivity (Wildman–Crippen MR) is 131 cm³/mol. The zero-order chi connectivity index (χ0) is 27.3. The van der Waals surface area contributed by atoms with E-state index in [2.05, 4.69) is 15.0 Å². The van der Waals surface area contributed by atoms with Crippen molar-refractivity contribution in [2.24, 2.45) is 5.73 Å². The molecule has 0 aliphatic rings. The van der Waals surface area contributed by atoms with Crippen LogP contribution in [-0.4, -0.2) is 38.2 Å². The molecule has 196 valence electrons. The number of carboxylic acid groups (broad SMARTS) is 1. The van der Waals surface area contributed by atoms with Gasteiger partial charge in [0.2, 0.25) is 17.9 Å². The number of carboxylic acids is 1. The third kappa shape index (κ3) is 6.73. The number of hydrogen-bond donors (Lipinski definition) is 3. The number of rotatable bonds is 9. The Morgan fingerprint density at radius 1 is 1.00 bits per heavy atom. The third-order valence-electron chi connectivity index (χ3n) is 5.33. The quantitative estimate of drug-likeness (QED) is 0.286. The summed E-state index contributed by atoms with van der Waals surface area (Å²) in [5.41, 5.74) is 12.5. The maximum absolute atomic E-state index is 14.0. The maximum atomic E-state index is 14.0. The topological polar surface area (TPSA) is 146 Å². The molecule has 38 heavy (non-hydrogen) atoms. The van der Waals surface area contributed by atoms with Crippen molar-refractivity contribution in [3.8, 4) is 28.6 Å². The number of aromatic nitrogens is 3. The van der Waals surface area contributed by atoms with Crippen LogP contribution in [0.3, 0.4) is 0 Å². The number of halogens is 3. The van der Waals surface area contributed by atoms with Crippen molar-refractivity contribution in [3.63, 3.8) is 0 Å². The molecule has 0 aliphatic carbocycles. The van der Waals surface area contributed by atoms with Crippen LogP contribution in [0.4, 0.5) is 19.1 Å². The first kappa shape index (κ1) is 26.4. The minimum atomic E-state index is -4.77. The average molecular weight is 525 g/mol. The molecule has 9 nitrogen and oxygen atoms in total. The van der Waals surface area contributed by atoms with Crippen LogP contribution in [0.5, 0.6) is 17.4 Å². The number of carbonyl (C=O) groups is 1. The average Bonchev–Trinajstić information content (AvgIpc) is 2.88. The van der Waals surface area contributed by atoms with Crippen molar-refractivity contribution in [1.82, 2.24) is 15.0 Å². The van der Waals surface area contributed by atoms with Crippen molar-refractivity contribution < 1.29 is 32.5 Å². The van der Waals surface area contributed by atoms with Crippen LogP contribution in [0.25, 0.3) is 11.3 Å². The molecule has 4 rings (SSSR count). The molecule has 5 N–H and O–H groups in total. The standard InChI is InChI=1S/C26H22F3N5O4/c27-26(28,29)23(17-7-9-18(10-8-17)37-19-2-1-11-32-14-19)38-22-13-21(33-25(31)34-22)16-5-3-15(4-6-16)12-20(30)24(35)36/h1-11,13-14,20,23H,12,30H2,(H,35,36)(H2,31,33,34). The van der Waals surface area contributed by atoms with Crippen molar-refractivity contribution in [1.29, 1.82) is 0 Å². The van der Waals surface area contributed by atoms with E-state index in [1.54, 1.807) is 42.6 Å². The number of aliphatic carboxylic acids is 1. The molecule has 0 fully saturated rings. The molecule has 4 aromatic rings. The lowest BCUT2D eigenvalue weighted by Gasteiger charge is -2.22. The van der Waals surface area contributed by atoms with Gasteiger partial charge in [0.1, 0.15) is 17.5 Å². The van der Waals surface area contributed by atoms with Gasteiger partial charge in [-0.3, -0.25) is 9.78 Å². The summed E-state index contributed by atoms with van der Waals surface area (Å²) in [7, 11) is 0. The molecule has 0 amide bonds. The van der Waals surface area contributed by atoms with Crippen LogP contribution < -0.4 is 20.9 Å². The first-order valence-corrected chi connectivity index (χ1v) is 11.2. The molecule has 2 atom stereocenters. The molecule has 0 aliphatic heterocycles. The molecule has 0 spiro atoms. The highest BCUT2D eigenvalue weighted by molar-refractivity contribution is 5.73. The normalized spacial score (nSPS) is 12.9. The number of alkyl halides is 3. The van der Waals surface area contributed by atoms with E-state index in [-0.39, 0.29) is 29.5 Å². The van der Waals surface area contributed by atoms with Gasteiger partial charge in [0, 0.05) is 23.4 Å². The fourth-order valence-corrected chi connectivity index (χ4v) is 3.50. The zero-order valence-corrected chi connectivity index (χ0v) is 19.7. The van der Waals surface area contributed by atoms with Crippen LogP contribution in [0.15, 0.2) is 79.1 Å². The molecule has 0 bridgehead atoms. The van der Waals surface area contributed by atoms with Gasteiger partial charge in [-0.25, -0.2) is 4.98 Å².